The van der Waals surface area contributed by atoms with Gasteiger partial charge in [0.25, 0.3) is 11.8 Å². The van der Waals surface area contributed by atoms with E-state index in [0.717, 1.165) is 25.9 Å². The highest BCUT2D eigenvalue weighted by Gasteiger charge is 2.38. The number of likely N-dealkylation sites (tertiary alicyclic amines) is 2. The van der Waals surface area contributed by atoms with Gasteiger partial charge >= 0.3 is 5.69 Å². The Kier molecular flexibility index (Phi) is 5.67. The first-order valence-electron chi connectivity index (χ1n) is 12.0. The van der Waals surface area contributed by atoms with Gasteiger partial charge in [-0.25, -0.2) is 9.18 Å². The monoisotopic (exact) mass is 505 g/mol. The number of nitrogens with zero attached hydrogens (tertiary/aromatic N) is 4. The average molecular weight is 506 g/mol. The topological polar surface area (TPSA) is 91.3 Å². The molecule has 2 aliphatic heterocycles. The fourth-order valence-corrected chi connectivity index (χ4v) is 5.89. The van der Waals surface area contributed by atoms with Gasteiger partial charge < -0.3 is 14.8 Å². The molecule has 184 valence electrons. The summed E-state index contributed by atoms with van der Waals surface area (Å²) < 4.78 is 14.8. The van der Waals surface area contributed by atoms with Gasteiger partial charge in [-0.3, -0.25) is 19.1 Å². The van der Waals surface area contributed by atoms with E-state index in [2.05, 4.69) is 9.97 Å². The summed E-state index contributed by atoms with van der Waals surface area (Å²) in [5, 5.41) is 0. The van der Waals surface area contributed by atoms with Crippen molar-refractivity contribution in [2.45, 2.75) is 12.8 Å². The van der Waals surface area contributed by atoms with Crippen molar-refractivity contribution < 1.29 is 14.0 Å². The molecule has 1 N–H and O–H groups in total. The largest absolute Gasteiger partial charge is 0.338 e. The maximum Gasteiger partial charge on any atom is 0.331 e. The third-order valence-corrected chi connectivity index (χ3v) is 8.11. The molecule has 0 bridgehead atoms. The minimum atomic E-state index is -0.373. The summed E-state index contributed by atoms with van der Waals surface area (Å²) in [4.78, 5) is 49.4. The summed E-state index contributed by atoms with van der Waals surface area (Å²) in [6, 6.07) is 10.9. The number of fused-ring (bicyclic) bond motifs is 1. The van der Waals surface area contributed by atoms with Gasteiger partial charge in [0, 0.05) is 31.7 Å². The molecule has 0 unspecified atom stereocenters. The summed E-state index contributed by atoms with van der Waals surface area (Å²) in [7, 11) is 0. The van der Waals surface area contributed by atoms with Gasteiger partial charge in [0.05, 0.1) is 28.4 Å². The average Bonchev–Trinajstić information content (AvgIpc) is 3.51. The molecule has 36 heavy (non-hydrogen) atoms. The van der Waals surface area contributed by atoms with Crippen LogP contribution in [0.25, 0.3) is 16.7 Å². The molecule has 0 aliphatic carbocycles. The van der Waals surface area contributed by atoms with Crippen molar-refractivity contribution in [1.82, 2.24) is 24.3 Å². The molecule has 2 fully saturated rings. The number of hydrogen-bond donors (Lipinski definition) is 1. The Labute approximate surface area is 210 Å². The predicted molar refractivity (Wildman–Crippen MR) is 134 cm³/mol. The maximum absolute atomic E-state index is 13.3. The Morgan fingerprint density at radius 2 is 1.72 bits per heavy atom. The number of imidazole rings is 1. The van der Waals surface area contributed by atoms with E-state index in [1.54, 1.807) is 42.0 Å². The minimum Gasteiger partial charge on any atom is -0.338 e. The molecule has 0 atom stereocenters. The van der Waals surface area contributed by atoms with Crippen molar-refractivity contribution in [3.8, 4) is 5.69 Å². The van der Waals surface area contributed by atoms with E-state index in [4.69, 9.17) is 0 Å². The van der Waals surface area contributed by atoms with Crippen LogP contribution in [0.5, 0.6) is 0 Å². The third-order valence-electron chi connectivity index (χ3n) is 7.35. The number of piperidine rings is 1. The number of carbonyl (C=O) groups is 2. The quantitative estimate of drug-likeness (QED) is 0.459. The van der Waals surface area contributed by atoms with Gasteiger partial charge in [-0.15, -0.1) is 11.3 Å². The number of nitrogens with one attached hydrogen (secondary N) is 1. The zero-order valence-electron chi connectivity index (χ0n) is 19.4. The Balaban J connectivity index is 1.09. The summed E-state index contributed by atoms with van der Waals surface area (Å²) in [6.45, 7) is 2.89. The van der Waals surface area contributed by atoms with E-state index in [0.29, 0.717) is 52.1 Å². The molecule has 4 aromatic rings. The highest BCUT2D eigenvalue weighted by atomic mass is 32.1. The van der Waals surface area contributed by atoms with E-state index < -0.39 is 0 Å². The number of hydrogen-bond acceptors (Lipinski definition) is 5. The minimum absolute atomic E-state index is 0.0543. The SMILES string of the molecule is O=C(c1ccc2c(c1)[nH]c(=O)n2-c1ccc(F)cc1)N1CC(C2CCN(C(=O)c3cncs3)CC2)C1. The van der Waals surface area contributed by atoms with Gasteiger partial charge in [-0.2, -0.15) is 0 Å². The van der Waals surface area contributed by atoms with E-state index in [1.807, 2.05) is 9.80 Å². The first kappa shape index (κ1) is 22.7. The molecule has 8 nitrogen and oxygen atoms in total. The first-order valence-corrected chi connectivity index (χ1v) is 12.8. The first-order chi connectivity index (χ1) is 17.5. The Bertz CT molecular complexity index is 1480. The lowest BCUT2D eigenvalue weighted by atomic mass is 9.79. The number of thiazole rings is 1. The van der Waals surface area contributed by atoms with Crippen molar-refractivity contribution in [2.24, 2.45) is 11.8 Å². The fraction of sp³-hybridized carbons (Fsp3) is 0.308. The zero-order chi connectivity index (χ0) is 24.8. The number of halogens is 1. The molecular weight excluding hydrogens is 481 g/mol. The lowest BCUT2D eigenvalue weighted by molar-refractivity contribution is 0.0229. The van der Waals surface area contributed by atoms with Crippen LogP contribution in [0.2, 0.25) is 0 Å². The van der Waals surface area contributed by atoms with Crippen molar-refractivity contribution in [3.05, 3.63) is 80.9 Å². The van der Waals surface area contributed by atoms with Crippen LogP contribution < -0.4 is 5.69 Å². The van der Waals surface area contributed by atoms with Gasteiger partial charge in [-0.05, 0) is 67.1 Å². The third kappa shape index (κ3) is 4.01. The van der Waals surface area contributed by atoms with Crippen LogP contribution in [0.3, 0.4) is 0 Å². The number of aromatic amines is 1. The molecule has 4 heterocycles. The molecule has 0 spiro atoms. The van der Waals surface area contributed by atoms with E-state index in [9.17, 15) is 18.8 Å². The maximum atomic E-state index is 13.3. The molecule has 10 heteroatoms. The van der Waals surface area contributed by atoms with Crippen molar-refractivity contribution >= 4 is 34.2 Å². The van der Waals surface area contributed by atoms with Crippen molar-refractivity contribution in [3.63, 3.8) is 0 Å². The lowest BCUT2D eigenvalue weighted by Crippen LogP contribution is -2.54. The summed E-state index contributed by atoms with van der Waals surface area (Å²) in [5.41, 5.74) is 3.60. The molecule has 2 aromatic heterocycles. The summed E-state index contributed by atoms with van der Waals surface area (Å²) >= 11 is 1.37. The van der Waals surface area contributed by atoms with Crippen LogP contribution >= 0.6 is 11.3 Å². The van der Waals surface area contributed by atoms with Gasteiger partial charge in [-0.1, -0.05) is 0 Å². The highest BCUT2D eigenvalue weighted by Crippen LogP contribution is 2.33. The Morgan fingerprint density at radius 3 is 2.42 bits per heavy atom. The Morgan fingerprint density at radius 1 is 0.972 bits per heavy atom. The van der Waals surface area contributed by atoms with Crippen LogP contribution in [0.15, 0.2) is 59.0 Å². The molecule has 2 amide bonds. The second-order valence-electron chi connectivity index (χ2n) is 9.44. The van der Waals surface area contributed by atoms with Crippen molar-refractivity contribution in [2.75, 3.05) is 26.2 Å². The lowest BCUT2D eigenvalue weighted by Gasteiger charge is -2.46. The van der Waals surface area contributed by atoms with Crippen LogP contribution in [-0.2, 0) is 0 Å². The number of H-pyrrole nitrogens is 1. The van der Waals surface area contributed by atoms with E-state index in [-0.39, 0.29) is 23.3 Å². The molecule has 2 aliphatic rings. The second-order valence-corrected chi connectivity index (χ2v) is 10.3. The van der Waals surface area contributed by atoms with Crippen LogP contribution in [0.1, 0.15) is 32.9 Å². The normalized spacial score (nSPS) is 16.9. The van der Waals surface area contributed by atoms with Crippen LogP contribution in [0, 0.1) is 17.7 Å². The highest BCUT2D eigenvalue weighted by molar-refractivity contribution is 7.11. The second kappa shape index (κ2) is 9.02. The van der Waals surface area contributed by atoms with Crippen LogP contribution in [0.4, 0.5) is 4.39 Å². The van der Waals surface area contributed by atoms with E-state index in [1.165, 1.54) is 28.0 Å². The smallest absolute Gasteiger partial charge is 0.331 e. The number of benzene rings is 2. The number of rotatable bonds is 4. The molecule has 2 saturated heterocycles. The Hall–Kier alpha value is -3.79. The van der Waals surface area contributed by atoms with Crippen LogP contribution in [-0.4, -0.2) is 62.3 Å². The number of amides is 2. The van der Waals surface area contributed by atoms with Gasteiger partial charge in [0.2, 0.25) is 0 Å². The van der Waals surface area contributed by atoms with Gasteiger partial charge in [0.1, 0.15) is 10.7 Å². The fourth-order valence-electron chi connectivity index (χ4n) is 5.30. The molecule has 0 radical (unpaired) electrons. The molecule has 0 saturated carbocycles. The molecule has 6 rings (SSSR count). The number of aromatic nitrogens is 3. The van der Waals surface area contributed by atoms with E-state index >= 15 is 0 Å². The standard InChI is InChI=1S/C26H24FN5O3S/c27-19-2-4-20(5-3-19)32-22-6-1-17(11-21(22)29-26(32)35)24(33)31-13-18(14-31)16-7-9-30(10-8-16)25(34)23-12-28-15-36-23/h1-6,11-12,15-16,18H,7-10,13-14H2,(H,29,35). The molecular formula is C26H24FN5O3S. The summed E-state index contributed by atoms with van der Waals surface area (Å²) in [5.74, 6) is 0.576. The van der Waals surface area contributed by atoms with Crippen molar-refractivity contribution in [1.29, 1.82) is 0 Å². The number of carbonyl (C=O) groups excluding carboxylic acids is 2. The zero-order valence-corrected chi connectivity index (χ0v) is 20.2. The van der Waals surface area contributed by atoms with Gasteiger partial charge in [0.15, 0.2) is 0 Å². The molecule has 2 aromatic carbocycles. The predicted octanol–water partition coefficient (Wildman–Crippen LogP) is 3.54. The summed E-state index contributed by atoms with van der Waals surface area (Å²) in [6.07, 6.45) is 3.52.